The quantitative estimate of drug-likeness (QED) is 0.775. The van der Waals surface area contributed by atoms with E-state index in [9.17, 15) is 25.9 Å². The van der Waals surface area contributed by atoms with E-state index in [-0.39, 0.29) is 31.8 Å². The molecule has 0 N–H and O–H groups in total. The zero-order chi connectivity index (χ0) is 15.6. The highest BCUT2D eigenvalue weighted by Crippen LogP contribution is 2.20. The molecule has 2 rings (SSSR count). The molecule has 1 unspecified atom stereocenters. The Morgan fingerprint density at radius 1 is 1.19 bits per heavy atom. The topological polar surface area (TPSA) is 54.5 Å². The van der Waals surface area contributed by atoms with Gasteiger partial charge in [0, 0.05) is 31.5 Å². The molecule has 1 saturated heterocycles. The van der Waals surface area contributed by atoms with Crippen molar-refractivity contribution in [1.82, 2.24) is 4.90 Å². The van der Waals surface area contributed by atoms with Gasteiger partial charge >= 0.3 is 10.2 Å². The predicted molar refractivity (Wildman–Crippen MR) is 69.6 cm³/mol. The monoisotopic (exact) mass is 321 g/mol. The summed E-state index contributed by atoms with van der Waals surface area (Å²) in [6.07, 6.45) is 0.218. The van der Waals surface area contributed by atoms with Crippen LogP contribution in [0.1, 0.15) is 12.0 Å². The molecule has 1 aliphatic rings. The van der Waals surface area contributed by atoms with E-state index in [2.05, 4.69) is 0 Å². The molecule has 1 atom stereocenters. The summed E-state index contributed by atoms with van der Waals surface area (Å²) in [6.45, 7) is 0.352. The van der Waals surface area contributed by atoms with Crippen LogP contribution >= 0.6 is 0 Å². The number of hydrogen-bond donors (Lipinski definition) is 0. The Labute approximate surface area is 120 Å². The molecule has 8 heteroatoms. The number of likely N-dealkylation sites (tertiary alicyclic amines) is 1. The van der Waals surface area contributed by atoms with Crippen molar-refractivity contribution in [1.29, 1.82) is 0 Å². The lowest BCUT2D eigenvalue weighted by Crippen LogP contribution is -2.28. The number of nitrogens with zero attached hydrogens (tertiary/aromatic N) is 1. The van der Waals surface area contributed by atoms with E-state index in [1.165, 1.54) is 17.0 Å². The van der Waals surface area contributed by atoms with Crippen LogP contribution in [0.5, 0.6) is 0 Å². The second kappa shape index (κ2) is 6.05. The summed E-state index contributed by atoms with van der Waals surface area (Å²) >= 11 is 0. The van der Waals surface area contributed by atoms with Crippen LogP contribution in [0.2, 0.25) is 0 Å². The Morgan fingerprint density at radius 2 is 1.81 bits per heavy atom. The summed E-state index contributed by atoms with van der Waals surface area (Å²) in [6, 6.07) is 3.10. The smallest absolute Gasteiger partial charge is 0.302 e. The van der Waals surface area contributed by atoms with E-state index >= 15 is 0 Å². The molecule has 0 aromatic heterocycles. The highest BCUT2D eigenvalue weighted by Gasteiger charge is 2.32. The lowest BCUT2D eigenvalue weighted by Gasteiger charge is -2.16. The second-order valence-corrected chi connectivity index (χ2v) is 6.55. The normalized spacial score (nSPS) is 19.3. The van der Waals surface area contributed by atoms with E-state index < -0.39 is 33.5 Å². The van der Waals surface area contributed by atoms with Crippen LogP contribution < -0.4 is 0 Å². The van der Waals surface area contributed by atoms with Crippen LogP contribution in [-0.2, 0) is 21.4 Å². The number of carbonyl (C=O) groups excluding carboxylic acids is 1. The number of benzene rings is 1. The van der Waals surface area contributed by atoms with E-state index in [1.54, 1.807) is 0 Å². The molecule has 1 amide bonds. The highest BCUT2D eigenvalue weighted by molar-refractivity contribution is 7.86. The Morgan fingerprint density at radius 3 is 2.38 bits per heavy atom. The van der Waals surface area contributed by atoms with E-state index in [4.69, 9.17) is 0 Å². The maximum absolute atomic E-state index is 13.0. The molecule has 116 valence electrons. The van der Waals surface area contributed by atoms with Crippen molar-refractivity contribution in [2.75, 3.05) is 18.8 Å². The molecule has 0 saturated carbocycles. The van der Waals surface area contributed by atoms with Gasteiger partial charge in [-0.1, -0.05) is 0 Å². The van der Waals surface area contributed by atoms with Gasteiger partial charge in [0.25, 0.3) is 0 Å². The van der Waals surface area contributed by atoms with Crippen LogP contribution in [0.3, 0.4) is 0 Å². The Kier molecular flexibility index (Phi) is 4.55. The van der Waals surface area contributed by atoms with Crippen LogP contribution in [-0.4, -0.2) is 38.1 Å². The van der Waals surface area contributed by atoms with Gasteiger partial charge in [-0.3, -0.25) is 4.79 Å². The molecule has 0 radical (unpaired) electrons. The fraction of sp³-hybridized carbons (Fsp3) is 0.462. The van der Waals surface area contributed by atoms with E-state index in [1.807, 2.05) is 0 Å². The molecule has 0 bridgehead atoms. The molecule has 1 aromatic rings. The minimum Gasteiger partial charge on any atom is -0.342 e. The molecular weight excluding hydrogens is 307 g/mol. The first-order valence-corrected chi connectivity index (χ1v) is 7.93. The van der Waals surface area contributed by atoms with Gasteiger partial charge < -0.3 is 4.90 Å². The van der Waals surface area contributed by atoms with Gasteiger partial charge in [-0.2, -0.15) is 8.42 Å². The zero-order valence-electron chi connectivity index (χ0n) is 11.1. The van der Waals surface area contributed by atoms with Gasteiger partial charge in [0.1, 0.15) is 11.6 Å². The van der Waals surface area contributed by atoms with Gasteiger partial charge in [0.15, 0.2) is 0 Å². The SMILES string of the molecule is O=C1CC(CS(=O)(=O)F)CN1CCc1cc(F)cc(F)c1. The molecule has 1 aliphatic heterocycles. The number of carbonyl (C=O) groups is 1. The Balaban J connectivity index is 1.93. The van der Waals surface area contributed by atoms with Crippen molar-refractivity contribution in [3.8, 4) is 0 Å². The maximum Gasteiger partial charge on any atom is 0.302 e. The third-order valence-corrected chi connectivity index (χ3v) is 4.19. The fourth-order valence-corrected chi connectivity index (χ4v) is 3.27. The molecule has 1 fully saturated rings. The van der Waals surface area contributed by atoms with Crippen molar-refractivity contribution in [2.24, 2.45) is 5.92 Å². The predicted octanol–water partition coefficient (Wildman–Crippen LogP) is 1.66. The fourth-order valence-electron chi connectivity index (χ4n) is 2.48. The molecule has 0 spiro atoms. The average molecular weight is 321 g/mol. The summed E-state index contributed by atoms with van der Waals surface area (Å²) in [5.74, 6) is -2.92. The Hall–Kier alpha value is -1.57. The number of hydrogen-bond acceptors (Lipinski definition) is 3. The van der Waals surface area contributed by atoms with Gasteiger partial charge in [-0.05, 0) is 24.1 Å². The number of rotatable bonds is 5. The first-order valence-electron chi connectivity index (χ1n) is 6.38. The molecule has 0 aliphatic carbocycles. The van der Waals surface area contributed by atoms with Crippen LogP contribution in [0.4, 0.5) is 12.7 Å². The standard InChI is InChI=1S/C13H14F3NO3S/c14-11-3-9(4-12(15)6-11)1-2-17-7-10(5-13(17)18)8-21(16,19)20/h3-4,6,10H,1-2,5,7-8H2. The van der Waals surface area contributed by atoms with Crippen molar-refractivity contribution >= 4 is 16.1 Å². The molecule has 4 nitrogen and oxygen atoms in total. The van der Waals surface area contributed by atoms with Crippen molar-refractivity contribution < 1.29 is 25.9 Å². The molecule has 21 heavy (non-hydrogen) atoms. The summed E-state index contributed by atoms with van der Waals surface area (Å²) in [7, 11) is -4.61. The lowest BCUT2D eigenvalue weighted by molar-refractivity contribution is -0.127. The molecule has 1 heterocycles. The Bertz CT molecular complexity index is 628. The van der Waals surface area contributed by atoms with E-state index in [0.29, 0.717) is 5.56 Å². The highest BCUT2D eigenvalue weighted by atomic mass is 32.3. The zero-order valence-corrected chi connectivity index (χ0v) is 11.9. The third-order valence-electron chi connectivity index (χ3n) is 3.32. The van der Waals surface area contributed by atoms with Gasteiger partial charge in [0.05, 0.1) is 5.75 Å². The summed E-state index contributed by atoms with van der Waals surface area (Å²) in [4.78, 5) is 13.1. The maximum atomic E-state index is 13.0. The number of halogens is 3. The van der Waals surface area contributed by atoms with Gasteiger partial charge in [-0.15, -0.1) is 3.89 Å². The van der Waals surface area contributed by atoms with E-state index in [0.717, 1.165) is 6.07 Å². The first kappa shape index (κ1) is 15.8. The summed E-state index contributed by atoms with van der Waals surface area (Å²) in [5, 5.41) is 0. The second-order valence-electron chi connectivity index (χ2n) is 5.14. The lowest BCUT2D eigenvalue weighted by atomic mass is 10.1. The average Bonchev–Trinajstić information content (AvgIpc) is 2.63. The van der Waals surface area contributed by atoms with Crippen LogP contribution in [0.15, 0.2) is 18.2 Å². The minimum atomic E-state index is -4.61. The van der Waals surface area contributed by atoms with Crippen LogP contribution in [0, 0.1) is 17.6 Å². The van der Waals surface area contributed by atoms with Gasteiger partial charge in [0.2, 0.25) is 5.91 Å². The van der Waals surface area contributed by atoms with Crippen molar-refractivity contribution in [2.45, 2.75) is 12.8 Å². The number of amides is 1. The minimum absolute atomic E-state index is 0.0271. The van der Waals surface area contributed by atoms with Crippen LogP contribution in [0.25, 0.3) is 0 Å². The van der Waals surface area contributed by atoms with Crippen molar-refractivity contribution in [3.05, 3.63) is 35.4 Å². The first-order chi connectivity index (χ1) is 9.73. The summed E-state index contributed by atoms with van der Waals surface area (Å²) in [5.41, 5.74) is 0.405. The molecule has 1 aromatic carbocycles. The third kappa shape index (κ3) is 4.73. The molecular formula is C13H14F3NO3S. The summed E-state index contributed by atoms with van der Waals surface area (Å²) < 4.78 is 59.8. The van der Waals surface area contributed by atoms with Gasteiger partial charge in [-0.25, -0.2) is 8.78 Å². The largest absolute Gasteiger partial charge is 0.342 e. The van der Waals surface area contributed by atoms with Crippen molar-refractivity contribution in [3.63, 3.8) is 0 Å².